The predicted octanol–water partition coefficient (Wildman–Crippen LogP) is 1.35. The van der Waals surface area contributed by atoms with Crippen LogP contribution < -0.4 is 16.8 Å². The number of carbonyl (C=O) groups is 2. The Hall–Kier alpha value is -2.08. The summed E-state index contributed by atoms with van der Waals surface area (Å²) in [7, 11) is 0. The van der Waals surface area contributed by atoms with Crippen LogP contribution in [0.25, 0.3) is 0 Å². The van der Waals surface area contributed by atoms with Crippen molar-refractivity contribution >= 4 is 29.4 Å². The monoisotopic (exact) mass is 320 g/mol. The molecule has 1 heterocycles. The zero-order valence-corrected chi connectivity index (χ0v) is 12.6. The van der Waals surface area contributed by atoms with Crippen molar-refractivity contribution in [1.29, 1.82) is 0 Å². The van der Waals surface area contributed by atoms with Gasteiger partial charge in [-0.2, -0.15) is 4.99 Å². The number of aliphatic imine (C=N–C) groups is 1. The molecule has 1 saturated carbocycles. The Kier molecular flexibility index (Phi) is 3.78. The van der Waals surface area contributed by atoms with Gasteiger partial charge < -0.3 is 16.8 Å². The Morgan fingerprint density at radius 2 is 2.14 bits per heavy atom. The van der Waals surface area contributed by atoms with Crippen LogP contribution in [0.5, 0.6) is 0 Å². The summed E-state index contributed by atoms with van der Waals surface area (Å²) in [4.78, 5) is 27.2. The Morgan fingerprint density at radius 1 is 1.41 bits per heavy atom. The number of rotatable bonds is 4. The molecule has 0 radical (unpaired) electrons. The highest BCUT2D eigenvalue weighted by Gasteiger charge is 2.34. The molecule has 22 heavy (non-hydrogen) atoms. The third kappa shape index (κ3) is 2.92. The third-order valence-electron chi connectivity index (χ3n) is 3.99. The van der Waals surface area contributed by atoms with Gasteiger partial charge in [-0.05, 0) is 36.0 Å². The van der Waals surface area contributed by atoms with E-state index in [1.54, 1.807) is 0 Å². The van der Waals surface area contributed by atoms with Gasteiger partial charge in [0.2, 0.25) is 0 Å². The molecule has 0 saturated heterocycles. The minimum Gasteiger partial charge on any atom is -0.370 e. The summed E-state index contributed by atoms with van der Waals surface area (Å²) in [5.74, 6) is -0.433. The molecular weight excluding hydrogens is 304 g/mol. The molecule has 1 aromatic rings. The van der Waals surface area contributed by atoms with Crippen LogP contribution in [0.3, 0.4) is 0 Å². The number of nitrogens with one attached hydrogen (secondary N) is 1. The molecular formula is C15H17ClN4O2. The van der Waals surface area contributed by atoms with E-state index in [1.807, 2.05) is 18.2 Å². The van der Waals surface area contributed by atoms with E-state index < -0.39 is 11.9 Å². The van der Waals surface area contributed by atoms with Gasteiger partial charge in [0.25, 0.3) is 11.8 Å². The number of alkyl halides is 1. The van der Waals surface area contributed by atoms with Crippen molar-refractivity contribution in [2.45, 2.75) is 30.7 Å². The summed E-state index contributed by atoms with van der Waals surface area (Å²) in [5.41, 5.74) is 12.7. The normalized spacial score (nSPS) is 21.0. The second-order valence-electron chi connectivity index (χ2n) is 5.75. The zero-order chi connectivity index (χ0) is 15.9. The number of carbonyl (C=O) groups excluding carboxylic acids is 2. The fourth-order valence-corrected chi connectivity index (χ4v) is 3.13. The molecule has 6 nitrogen and oxygen atoms in total. The molecule has 116 valence electrons. The predicted molar refractivity (Wildman–Crippen MR) is 83.4 cm³/mol. The molecule has 5 N–H and O–H groups in total. The van der Waals surface area contributed by atoms with Crippen LogP contribution in [-0.4, -0.2) is 17.8 Å². The highest BCUT2D eigenvalue weighted by Crippen LogP contribution is 2.45. The second kappa shape index (κ2) is 5.61. The van der Waals surface area contributed by atoms with E-state index in [-0.39, 0.29) is 23.7 Å². The van der Waals surface area contributed by atoms with Crippen molar-refractivity contribution in [2.75, 3.05) is 0 Å². The standard InChI is InChI=1S/C15H17ClN4O2/c16-13(7-1-2-7)8-3-4-9-10(5-8)14(22)19-11(9)6-12(21)20-15(17)18/h3-5,7,11,13H,1-2,6H2,(H,19,22)(H4,17,18,20,21). The van der Waals surface area contributed by atoms with E-state index in [1.165, 1.54) is 0 Å². The van der Waals surface area contributed by atoms with Gasteiger partial charge in [-0.1, -0.05) is 12.1 Å². The lowest BCUT2D eigenvalue weighted by Gasteiger charge is -2.11. The SMILES string of the molecule is NC(N)=NC(=O)CC1NC(=O)c2cc(C(Cl)C3CC3)ccc21. The highest BCUT2D eigenvalue weighted by molar-refractivity contribution is 6.21. The van der Waals surface area contributed by atoms with Crippen LogP contribution in [0, 0.1) is 5.92 Å². The van der Waals surface area contributed by atoms with Crippen molar-refractivity contribution < 1.29 is 9.59 Å². The van der Waals surface area contributed by atoms with Crippen molar-refractivity contribution in [1.82, 2.24) is 5.32 Å². The van der Waals surface area contributed by atoms with Crippen LogP contribution in [0.2, 0.25) is 0 Å². The van der Waals surface area contributed by atoms with E-state index in [0.29, 0.717) is 11.5 Å². The summed E-state index contributed by atoms with van der Waals surface area (Å²) >= 11 is 6.40. The summed E-state index contributed by atoms with van der Waals surface area (Å²) in [5, 5.41) is 2.73. The fraction of sp³-hybridized carbons (Fsp3) is 0.400. The number of guanidine groups is 1. The number of nitrogens with two attached hydrogens (primary N) is 2. The van der Waals surface area contributed by atoms with E-state index in [0.717, 1.165) is 24.0 Å². The molecule has 1 aliphatic heterocycles. The van der Waals surface area contributed by atoms with E-state index in [2.05, 4.69) is 10.3 Å². The summed E-state index contributed by atoms with van der Waals surface area (Å²) in [6.07, 6.45) is 2.29. The lowest BCUT2D eigenvalue weighted by atomic mass is 9.97. The van der Waals surface area contributed by atoms with Crippen molar-refractivity contribution in [3.05, 3.63) is 34.9 Å². The van der Waals surface area contributed by atoms with Gasteiger partial charge in [-0.3, -0.25) is 9.59 Å². The molecule has 2 unspecified atom stereocenters. The van der Waals surface area contributed by atoms with Gasteiger partial charge in [0, 0.05) is 5.56 Å². The largest absolute Gasteiger partial charge is 0.370 e. The van der Waals surface area contributed by atoms with Gasteiger partial charge >= 0.3 is 0 Å². The minimum absolute atomic E-state index is 0.0307. The van der Waals surface area contributed by atoms with Crippen LogP contribution in [0.4, 0.5) is 0 Å². The Balaban J connectivity index is 1.81. The van der Waals surface area contributed by atoms with Crippen molar-refractivity contribution in [3.8, 4) is 0 Å². The first-order chi connectivity index (χ1) is 10.5. The number of fused-ring (bicyclic) bond motifs is 1. The maximum Gasteiger partial charge on any atom is 0.252 e. The number of halogens is 1. The van der Waals surface area contributed by atoms with Crippen molar-refractivity contribution in [3.63, 3.8) is 0 Å². The minimum atomic E-state index is -0.463. The molecule has 1 fully saturated rings. The molecule has 7 heteroatoms. The summed E-state index contributed by atoms with van der Waals surface area (Å²) < 4.78 is 0. The fourth-order valence-electron chi connectivity index (χ4n) is 2.75. The van der Waals surface area contributed by atoms with E-state index in [4.69, 9.17) is 23.1 Å². The average Bonchev–Trinajstić information content (AvgIpc) is 3.24. The lowest BCUT2D eigenvalue weighted by Crippen LogP contribution is -2.26. The third-order valence-corrected chi connectivity index (χ3v) is 4.60. The van der Waals surface area contributed by atoms with Crippen LogP contribution in [0.15, 0.2) is 23.2 Å². The molecule has 0 aromatic heterocycles. The average molecular weight is 321 g/mol. The van der Waals surface area contributed by atoms with E-state index in [9.17, 15) is 9.59 Å². The van der Waals surface area contributed by atoms with Crippen LogP contribution >= 0.6 is 11.6 Å². The van der Waals surface area contributed by atoms with Crippen LogP contribution in [0.1, 0.15) is 52.2 Å². The number of hydrogen-bond acceptors (Lipinski definition) is 2. The smallest absolute Gasteiger partial charge is 0.252 e. The first-order valence-electron chi connectivity index (χ1n) is 7.17. The Morgan fingerprint density at radius 3 is 2.77 bits per heavy atom. The maximum atomic E-state index is 12.1. The number of benzene rings is 1. The van der Waals surface area contributed by atoms with E-state index >= 15 is 0 Å². The molecule has 2 amide bonds. The molecule has 2 atom stereocenters. The molecule has 2 aliphatic rings. The van der Waals surface area contributed by atoms with Gasteiger partial charge in [0.05, 0.1) is 17.8 Å². The molecule has 0 spiro atoms. The number of amides is 2. The quantitative estimate of drug-likeness (QED) is 0.442. The number of nitrogens with zero attached hydrogens (tertiary/aromatic N) is 1. The molecule has 1 aliphatic carbocycles. The van der Waals surface area contributed by atoms with Crippen molar-refractivity contribution in [2.24, 2.45) is 22.4 Å². The molecule has 3 rings (SSSR count). The molecule has 1 aromatic carbocycles. The lowest BCUT2D eigenvalue weighted by molar-refractivity contribution is -0.118. The Labute approximate surface area is 132 Å². The molecule has 0 bridgehead atoms. The number of hydrogen-bond donors (Lipinski definition) is 3. The highest BCUT2D eigenvalue weighted by atomic mass is 35.5. The van der Waals surface area contributed by atoms with Gasteiger partial charge in [-0.15, -0.1) is 11.6 Å². The summed E-state index contributed by atoms with van der Waals surface area (Å²) in [6, 6.07) is 5.20. The topological polar surface area (TPSA) is 111 Å². The maximum absolute atomic E-state index is 12.1. The first-order valence-corrected chi connectivity index (χ1v) is 7.60. The van der Waals surface area contributed by atoms with Gasteiger partial charge in [0.15, 0.2) is 5.96 Å². The van der Waals surface area contributed by atoms with Gasteiger partial charge in [-0.25, -0.2) is 0 Å². The first kappa shape index (κ1) is 14.8. The van der Waals surface area contributed by atoms with Crippen LogP contribution in [-0.2, 0) is 4.79 Å². The second-order valence-corrected chi connectivity index (χ2v) is 6.22. The zero-order valence-electron chi connectivity index (χ0n) is 11.9. The summed E-state index contributed by atoms with van der Waals surface area (Å²) in [6.45, 7) is 0. The van der Waals surface area contributed by atoms with Gasteiger partial charge in [0.1, 0.15) is 0 Å². The Bertz CT molecular complexity index is 666.